The number of hydrogen-bond donors (Lipinski definition) is 1. The molecule has 1 aromatic rings. The van der Waals surface area contributed by atoms with Crippen LogP contribution >= 0.6 is 0 Å². The van der Waals surface area contributed by atoms with E-state index >= 15 is 0 Å². The number of carbonyl (C=O) groups excluding carboxylic acids is 2. The molecule has 2 aliphatic rings. The fourth-order valence-electron chi connectivity index (χ4n) is 4.47. The third-order valence-corrected chi connectivity index (χ3v) is 5.69. The summed E-state index contributed by atoms with van der Waals surface area (Å²) in [4.78, 5) is 36.1. The normalized spacial score (nSPS) is 25.1. The van der Waals surface area contributed by atoms with Crippen LogP contribution in [0.5, 0.6) is 0 Å². The zero-order chi connectivity index (χ0) is 19.6. The molecule has 2 saturated heterocycles. The first-order valence-corrected chi connectivity index (χ1v) is 9.76. The Labute approximate surface area is 161 Å². The molecule has 2 fully saturated rings. The molecule has 2 aliphatic heterocycles. The Morgan fingerprint density at radius 1 is 1.30 bits per heavy atom. The lowest BCUT2D eigenvalue weighted by Gasteiger charge is -2.34. The van der Waals surface area contributed by atoms with Gasteiger partial charge in [0.2, 0.25) is 5.91 Å². The lowest BCUT2D eigenvalue weighted by Crippen LogP contribution is -2.49. The molecule has 27 heavy (non-hydrogen) atoms. The van der Waals surface area contributed by atoms with E-state index < -0.39 is 5.41 Å². The van der Waals surface area contributed by atoms with Crippen molar-refractivity contribution in [3.63, 3.8) is 0 Å². The highest BCUT2D eigenvalue weighted by atomic mass is 16.2. The van der Waals surface area contributed by atoms with Crippen LogP contribution in [0.1, 0.15) is 26.7 Å². The summed E-state index contributed by atoms with van der Waals surface area (Å²) in [6.45, 7) is 6.62. The van der Waals surface area contributed by atoms with E-state index in [9.17, 15) is 9.59 Å². The second kappa shape index (κ2) is 7.74. The maximum absolute atomic E-state index is 13.2. The van der Waals surface area contributed by atoms with Crippen molar-refractivity contribution in [2.75, 3.05) is 45.2 Å². The van der Waals surface area contributed by atoms with Crippen LogP contribution in [0, 0.1) is 11.3 Å². The average Bonchev–Trinajstić information content (AvgIpc) is 2.90. The molecule has 0 radical (unpaired) electrons. The number of rotatable bonds is 3. The zero-order valence-corrected chi connectivity index (χ0v) is 16.8. The van der Waals surface area contributed by atoms with Crippen molar-refractivity contribution in [3.8, 4) is 0 Å². The maximum atomic E-state index is 13.2. The number of pyridine rings is 1. The third kappa shape index (κ3) is 3.87. The lowest BCUT2D eigenvalue weighted by molar-refractivity contribution is -0.141. The van der Waals surface area contributed by atoms with E-state index in [1.807, 2.05) is 51.0 Å². The fraction of sp³-hybridized carbons (Fsp3) is 0.650. The van der Waals surface area contributed by atoms with Crippen LogP contribution in [0.3, 0.4) is 0 Å². The van der Waals surface area contributed by atoms with Crippen LogP contribution in [0.25, 0.3) is 0 Å². The highest BCUT2D eigenvalue weighted by Gasteiger charge is 2.54. The van der Waals surface area contributed by atoms with Gasteiger partial charge in [0.1, 0.15) is 5.82 Å². The first-order chi connectivity index (χ1) is 12.8. The van der Waals surface area contributed by atoms with Gasteiger partial charge < -0.3 is 20.0 Å². The van der Waals surface area contributed by atoms with Gasteiger partial charge in [-0.05, 0) is 38.8 Å². The minimum Gasteiger partial charge on any atom is -0.355 e. The Hall–Kier alpha value is -2.31. The standard InChI is InChI=1S/C20H31N5O2/c1-15(2)22-19(27)24-11-7-9-20(18(26)23(3)4)14-25(13-16(20)12-24)17-8-5-6-10-21-17/h5-6,8,10,15-16H,7,9,11-14H2,1-4H3,(H,22,27)/t16-,20-/m1/s1. The molecule has 3 rings (SSSR count). The van der Waals surface area contributed by atoms with E-state index in [1.165, 1.54) is 0 Å². The molecule has 1 N–H and O–H groups in total. The van der Waals surface area contributed by atoms with E-state index in [1.54, 1.807) is 11.1 Å². The quantitative estimate of drug-likeness (QED) is 0.877. The summed E-state index contributed by atoms with van der Waals surface area (Å²) < 4.78 is 0. The van der Waals surface area contributed by atoms with Crippen LogP contribution in [0.2, 0.25) is 0 Å². The molecule has 0 bridgehead atoms. The molecule has 7 nitrogen and oxygen atoms in total. The Morgan fingerprint density at radius 3 is 2.70 bits per heavy atom. The fourth-order valence-corrected chi connectivity index (χ4v) is 4.47. The van der Waals surface area contributed by atoms with Gasteiger partial charge in [0.25, 0.3) is 0 Å². The second-order valence-electron chi connectivity index (χ2n) is 8.27. The summed E-state index contributed by atoms with van der Waals surface area (Å²) in [5.74, 6) is 1.15. The topological polar surface area (TPSA) is 68.8 Å². The Balaban J connectivity index is 1.88. The molecule has 3 amide bonds. The third-order valence-electron chi connectivity index (χ3n) is 5.69. The summed E-state index contributed by atoms with van der Waals surface area (Å²) in [6, 6.07) is 5.93. The minimum absolute atomic E-state index is 0.0330. The highest BCUT2D eigenvalue weighted by Crippen LogP contribution is 2.44. The van der Waals surface area contributed by atoms with Crippen LogP contribution in [-0.2, 0) is 4.79 Å². The predicted molar refractivity (Wildman–Crippen MR) is 106 cm³/mol. The number of fused-ring (bicyclic) bond motifs is 1. The molecule has 0 unspecified atom stereocenters. The zero-order valence-electron chi connectivity index (χ0n) is 16.8. The molecular weight excluding hydrogens is 342 g/mol. The Kier molecular flexibility index (Phi) is 5.58. The number of carbonyl (C=O) groups is 2. The number of amides is 3. The summed E-state index contributed by atoms with van der Waals surface area (Å²) >= 11 is 0. The Bertz CT molecular complexity index is 678. The van der Waals surface area contributed by atoms with Gasteiger partial charge in [-0.2, -0.15) is 0 Å². The Morgan fingerprint density at radius 2 is 2.07 bits per heavy atom. The first kappa shape index (κ1) is 19.5. The molecule has 7 heteroatoms. The van der Waals surface area contributed by atoms with E-state index in [0.29, 0.717) is 19.6 Å². The van der Waals surface area contributed by atoms with Crippen LogP contribution < -0.4 is 10.2 Å². The SMILES string of the molecule is CC(C)NC(=O)N1CCC[C@@]2(C(=O)N(C)C)CN(c3ccccn3)C[C@H]2C1. The molecule has 0 saturated carbocycles. The van der Waals surface area contributed by atoms with Crippen molar-refractivity contribution in [1.82, 2.24) is 20.1 Å². The van der Waals surface area contributed by atoms with Crippen LogP contribution in [0.15, 0.2) is 24.4 Å². The van der Waals surface area contributed by atoms with Crippen molar-refractivity contribution in [3.05, 3.63) is 24.4 Å². The largest absolute Gasteiger partial charge is 0.355 e. The molecule has 1 aromatic heterocycles. The lowest BCUT2D eigenvalue weighted by atomic mass is 9.74. The number of nitrogens with one attached hydrogen (secondary N) is 1. The van der Waals surface area contributed by atoms with Gasteiger partial charge in [-0.15, -0.1) is 0 Å². The molecule has 0 aromatic carbocycles. The molecule has 0 aliphatic carbocycles. The van der Waals surface area contributed by atoms with E-state index in [2.05, 4.69) is 15.2 Å². The number of hydrogen-bond acceptors (Lipinski definition) is 4. The average molecular weight is 374 g/mol. The second-order valence-corrected chi connectivity index (χ2v) is 8.27. The minimum atomic E-state index is -0.464. The molecule has 148 valence electrons. The van der Waals surface area contributed by atoms with Crippen molar-refractivity contribution in [1.29, 1.82) is 0 Å². The summed E-state index contributed by atoms with van der Waals surface area (Å²) in [5.41, 5.74) is -0.464. The van der Waals surface area contributed by atoms with E-state index in [-0.39, 0.29) is 23.9 Å². The van der Waals surface area contributed by atoms with Gasteiger partial charge in [-0.1, -0.05) is 6.07 Å². The summed E-state index contributed by atoms with van der Waals surface area (Å²) in [6.07, 6.45) is 3.41. The highest BCUT2D eigenvalue weighted by molar-refractivity contribution is 5.85. The number of likely N-dealkylation sites (tertiary alicyclic amines) is 1. The van der Waals surface area contributed by atoms with Gasteiger partial charge in [0, 0.05) is 58.4 Å². The van der Waals surface area contributed by atoms with Crippen LogP contribution in [0.4, 0.5) is 10.6 Å². The van der Waals surface area contributed by atoms with Gasteiger partial charge in [-0.3, -0.25) is 4.79 Å². The maximum Gasteiger partial charge on any atom is 0.317 e. The number of anilines is 1. The van der Waals surface area contributed by atoms with Crippen molar-refractivity contribution in [2.24, 2.45) is 11.3 Å². The molecular formula is C20H31N5O2. The monoisotopic (exact) mass is 373 g/mol. The van der Waals surface area contributed by atoms with Crippen molar-refractivity contribution < 1.29 is 9.59 Å². The van der Waals surface area contributed by atoms with Gasteiger partial charge >= 0.3 is 6.03 Å². The number of urea groups is 1. The predicted octanol–water partition coefficient (Wildman–Crippen LogP) is 1.81. The van der Waals surface area contributed by atoms with Gasteiger partial charge in [0.05, 0.1) is 5.41 Å². The molecule has 3 heterocycles. The molecule has 0 spiro atoms. The molecule has 2 atom stereocenters. The van der Waals surface area contributed by atoms with Crippen molar-refractivity contribution in [2.45, 2.75) is 32.7 Å². The smallest absolute Gasteiger partial charge is 0.317 e. The first-order valence-electron chi connectivity index (χ1n) is 9.76. The van der Waals surface area contributed by atoms with Crippen LogP contribution in [-0.4, -0.2) is 73.0 Å². The number of aromatic nitrogens is 1. The number of nitrogens with zero attached hydrogens (tertiary/aromatic N) is 4. The summed E-state index contributed by atoms with van der Waals surface area (Å²) in [7, 11) is 3.65. The van der Waals surface area contributed by atoms with E-state index in [4.69, 9.17) is 0 Å². The summed E-state index contributed by atoms with van der Waals surface area (Å²) in [5, 5.41) is 2.99. The van der Waals surface area contributed by atoms with Gasteiger partial charge in [-0.25, -0.2) is 9.78 Å². The van der Waals surface area contributed by atoms with Gasteiger partial charge in [0.15, 0.2) is 0 Å². The van der Waals surface area contributed by atoms with Crippen molar-refractivity contribution >= 4 is 17.8 Å². The van der Waals surface area contributed by atoms with E-state index in [0.717, 1.165) is 25.2 Å².